The number of imidazole rings is 1. The Morgan fingerprint density at radius 3 is 2.32 bits per heavy atom. The van der Waals surface area contributed by atoms with Gasteiger partial charge in [0.15, 0.2) is 5.82 Å². The summed E-state index contributed by atoms with van der Waals surface area (Å²) in [5, 5.41) is 3.96. The highest BCUT2D eigenvalue weighted by Gasteiger charge is 2.15. The minimum atomic E-state index is 0.498. The molecule has 0 atom stereocenters. The third-order valence-electron chi connectivity index (χ3n) is 4.84. The van der Waals surface area contributed by atoms with Crippen LogP contribution in [-0.4, -0.2) is 33.7 Å². The van der Waals surface area contributed by atoms with Crippen LogP contribution in [0.5, 0.6) is 11.5 Å². The summed E-state index contributed by atoms with van der Waals surface area (Å²) in [6, 6.07) is 13.3. The lowest BCUT2D eigenvalue weighted by Gasteiger charge is -2.13. The predicted molar refractivity (Wildman–Crippen MR) is 122 cm³/mol. The molecular formula is C23H22ClN5O2. The van der Waals surface area contributed by atoms with Crippen molar-refractivity contribution in [2.24, 2.45) is 7.05 Å². The molecule has 2 aromatic carbocycles. The number of nitrogens with zero attached hydrogens (tertiary/aromatic N) is 4. The van der Waals surface area contributed by atoms with Crippen molar-refractivity contribution in [3.8, 4) is 34.1 Å². The third kappa shape index (κ3) is 4.62. The Morgan fingerprint density at radius 2 is 1.71 bits per heavy atom. The van der Waals surface area contributed by atoms with Gasteiger partial charge in [-0.05, 0) is 35.4 Å². The Hall–Kier alpha value is -3.58. The van der Waals surface area contributed by atoms with Gasteiger partial charge in [0, 0.05) is 48.8 Å². The average Bonchev–Trinajstić information content (AvgIpc) is 3.23. The summed E-state index contributed by atoms with van der Waals surface area (Å²) < 4.78 is 12.6. The number of benzene rings is 2. The molecule has 0 unspecified atom stereocenters. The summed E-state index contributed by atoms with van der Waals surface area (Å²) >= 11 is 6.06. The van der Waals surface area contributed by atoms with Gasteiger partial charge in [-0.2, -0.15) is 0 Å². The molecule has 0 aliphatic heterocycles. The summed E-state index contributed by atoms with van der Waals surface area (Å²) in [4.78, 5) is 13.8. The Kier molecular flexibility index (Phi) is 6.04. The van der Waals surface area contributed by atoms with E-state index in [2.05, 4.69) is 15.3 Å². The van der Waals surface area contributed by atoms with Gasteiger partial charge in [0.05, 0.1) is 14.2 Å². The lowest BCUT2D eigenvalue weighted by molar-refractivity contribution is 0.393. The van der Waals surface area contributed by atoms with Crippen molar-refractivity contribution in [3.63, 3.8) is 0 Å². The number of methoxy groups -OCH3 is 2. The van der Waals surface area contributed by atoms with E-state index in [-0.39, 0.29) is 0 Å². The zero-order chi connectivity index (χ0) is 21.8. The van der Waals surface area contributed by atoms with Crippen LogP contribution in [0.25, 0.3) is 22.6 Å². The van der Waals surface area contributed by atoms with Crippen LogP contribution in [-0.2, 0) is 13.6 Å². The quantitative estimate of drug-likeness (QED) is 0.448. The summed E-state index contributed by atoms with van der Waals surface area (Å²) in [7, 11) is 5.19. The topological polar surface area (TPSA) is 74.1 Å². The first-order chi connectivity index (χ1) is 15.1. The second-order valence-corrected chi connectivity index (χ2v) is 7.34. The number of anilines is 1. The second kappa shape index (κ2) is 9.06. The van der Waals surface area contributed by atoms with Crippen LogP contribution in [0.2, 0.25) is 5.02 Å². The highest BCUT2D eigenvalue weighted by atomic mass is 35.5. The maximum absolute atomic E-state index is 6.06. The second-order valence-electron chi connectivity index (χ2n) is 6.90. The molecule has 0 bridgehead atoms. The monoisotopic (exact) mass is 435 g/mol. The zero-order valence-corrected chi connectivity index (χ0v) is 18.2. The smallest absolute Gasteiger partial charge is 0.223 e. The van der Waals surface area contributed by atoms with Gasteiger partial charge in [-0.3, -0.25) is 0 Å². The van der Waals surface area contributed by atoms with Crippen molar-refractivity contribution in [2.45, 2.75) is 6.54 Å². The predicted octanol–water partition coefficient (Wildman–Crippen LogP) is 4.83. The number of hydrogen-bond acceptors (Lipinski definition) is 6. The summed E-state index contributed by atoms with van der Waals surface area (Å²) in [6.07, 6.45) is 5.44. The van der Waals surface area contributed by atoms with Gasteiger partial charge in [-0.15, -0.1) is 0 Å². The van der Waals surface area contributed by atoms with E-state index in [0.717, 1.165) is 39.7 Å². The fourth-order valence-corrected chi connectivity index (χ4v) is 3.35. The van der Waals surface area contributed by atoms with E-state index in [1.54, 1.807) is 26.6 Å². The maximum Gasteiger partial charge on any atom is 0.223 e. The SMILES string of the molecule is COc1cc(CNc2ncc(-c3ccc(Cl)cc3)c(-c3nccn3C)n2)cc(OC)c1. The van der Waals surface area contributed by atoms with E-state index in [1.807, 2.05) is 60.3 Å². The highest BCUT2D eigenvalue weighted by molar-refractivity contribution is 6.30. The Labute approximate surface area is 185 Å². The molecule has 8 heteroatoms. The number of ether oxygens (including phenoxy) is 2. The molecule has 0 radical (unpaired) electrons. The maximum atomic E-state index is 6.06. The van der Waals surface area contributed by atoms with Crippen molar-refractivity contribution < 1.29 is 9.47 Å². The van der Waals surface area contributed by atoms with Gasteiger partial charge in [-0.1, -0.05) is 23.7 Å². The first-order valence-electron chi connectivity index (χ1n) is 9.64. The van der Waals surface area contributed by atoms with Gasteiger partial charge in [0.1, 0.15) is 17.2 Å². The van der Waals surface area contributed by atoms with Crippen LogP contribution < -0.4 is 14.8 Å². The van der Waals surface area contributed by atoms with E-state index in [0.29, 0.717) is 17.5 Å². The van der Waals surface area contributed by atoms with Gasteiger partial charge in [-0.25, -0.2) is 15.0 Å². The molecule has 0 fully saturated rings. The van der Waals surface area contributed by atoms with Gasteiger partial charge in [0.2, 0.25) is 5.95 Å². The molecule has 4 aromatic rings. The van der Waals surface area contributed by atoms with Crippen molar-refractivity contribution in [1.29, 1.82) is 0 Å². The molecule has 4 rings (SSSR count). The van der Waals surface area contributed by atoms with Crippen LogP contribution in [0.4, 0.5) is 5.95 Å². The van der Waals surface area contributed by atoms with Crippen LogP contribution in [0, 0.1) is 0 Å². The molecule has 7 nitrogen and oxygen atoms in total. The largest absolute Gasteiger partial charge is 0.497 e. The Bertz CT molecular complexity index is 1170. The van der Waals surface area contributed by atoms with E-state index >= 15 is 0 Å². The molecule has 0 aliphatic carbocycles. The first-order valence-corrected chi connectivity index (χ1v) is 10.0. The standard InChI is InChI=1S/C23H22ClN5O2/c1-29-9-8-25-22(29)21-20(16-4-6-17(24)7-5-16)14-27-23(28-21)26-13-15-10-18(30-2)12-19(11-15)31-3/h4-12,14H,13H2,1-3H3,(H,26,27,28). The highest BCUT2D eigenvalue weighted by Crippen LogP contribution is 2.31. The Balaban J connectivity index is 1.67. The first kappa shape index (κ1) is 20.7. The van der Waals surface area contributed by atoms with Gasteiger partial charge < -0.3 is 19.4 Å². The lowest BCUT2D eigenvalue weighted by Crippen LogP contribution is -2.06. The number of rotatable bonds is 7. The zero-order valence-electron chi connectivity index (χ0n) is 17.5. The van der Waals surface area contributed by atoms with Crippen LogP contribution in [0.3, 0.4) is 0 Å². The molecule has 0 saturated heterocycles. The summed E-state index contributed by atoms with van der Waals surface area (Å²) in [6.45, 7) is 0.508. The molecule has 2 aromatic heterocycles. The lowest BCUT2D eigenvalue weighted by atomic mass is 10.1. The molecule has 158 valence electrons. The fraction of sp³-hybridized carbons (Fsp3) is 0.174. The average molecular weight is 436 g/mol. The van der Waals surface area contributed by atoms with Gasteiger partial charge >= 0.3 is 0 Å². The minimum Gasteiger partial charge on any atom is -0.497 e. The van der Waals surface area contributed by atoms with E-state index < -0.39 is 0 Å². The molecule has 0 saturated carbocycles. The molecule has 0 spiro atoms. The molecule has 2 heterocycles. The number of aryl methyl sites for hydroxylation is 1. The molecule has 0 amide bonds. The van der Waals surface area contributed by atoms with Crippen LogP contribution in [0.1, 0.15) is 5.56 Å². The number of nitrogens with one attached hydrogen (secondary N) is 1. The Morgan fingerprint density at radius 1 is 1.00 bits per heavy atom. The molecule has 0 aliphatic rings. The van der Waals surface area contributed by atoms with Gasteiger partial charge in [0.25, 0.3) is 0 Å². The van der Waals surface area contributed by atoms with E-state index in [9.17, 15) is 0 Å². The van der Waals surface area contributed by atoms with E-state index in [4.69, 9.17) is 26.1 Å². The van der Waals surface area contributed by atoms with Crippen molar-refractivity contribution in [2.75, 3.05) is 19.5 Å². The fourth-order valence-electron chi connectivity index (χ4n) is 3.22. The third-order valence-corrected chi connectivity index (χ3v) is 5.09. The van der Waals surface area contributed by atoms with Crippen LogP contribution >= 0.6 is 11.6 Å². The minimum absolute atomic E-state index is 0.498. The molecular weight excluding hydrogens is 414 g/mol. The van der Waals surface area contributed by atoms with Crippen molar-refractivity contribution in [3.05, 3.63) is 71.6 Å². The van der Waals surface area contributed by atoms with Crippen molar-refractivity contribution >= 4 is 17.5 Å². The molecule has 1 N–H and O–H groups in total. The number of halogens is 1. The molecule has 31 heavy (non-hydrogen) atoms. The summed E-state index contributed by atoms with van der Waals surface area (Å²) in [5.74, 6) is 2.70. The number of hydrogen-bond donors (Lipinski definition) is 1. The number of aromatic nitrogens is 4. The summed E-state index contributed by atoms with van der Waals surface area (Å²) in [5.41, 5.74) is 3.56. The van der Waals surface area contributed by atoms with Crippen molar-refractivity contribution in [1.82, 2.24) is 19.5 Å². The normalized spacial score (nSPS) is 10.7. The van der Waals surface area contributed by atoms with Crippen LogP contribution in [0.15, 0.2) is 61.1 Å². The van der Waals surface area contributed by atoms with E-state index in [1.165, 1.54) is 0 Å².